The van der Waals surface area contributed by atoms with Gasteiger partial charge in [-0.25, -0.2) is 4.79 Å². The van der Waals surface area contributed by atoms with Crippen molar-refractivity contribution in [3.63, 3.8) is 0 Å². The largest absolute Gasteiger partial charge is 0.478 e. The maximum atomic E-state index is 11.4. The van der Waals surface area contributed by atoms with Gasteiger partial charge in [0.15, 0.2) is 0 Å². The van der Waals surface area contributed by atoms with E-state index in [4.69, 9.17) is 0 Å². The van der Waals surface area contributed by atoms with Crippen LogP contribution in [0.15, 0.2) is 54.9 Å². The lowest BCUT2D eigenvalue weighted by atomic mass is 9.94. The number of carbonyl (C=O) groups is 1. The Morgan fingerprint density at radius 1 is 1.00 bits per heavy atom. The Balaban J connectivity index is 2.37. The highest BCUT2D eigenvalue weighted by Crippen LogP contribution is 2.32. The quantitative estimate of drug-likeness (QED) is 0.762. The summed E-state index contributed by atoms with van der Waals surface area (Å²) < 4.78 is 0. The summed E-state index contributed by atoms with van der Waals surface area (Å²) in [5.41, 5.74) is 3.02. The lowest BCUT2D eigenvalue weighted by molar-refractivity contribution is 0.0697. The second kappa shape index (κ2) is 4.78. The number of fused-ring (bicyclic) bond motifs is 1. The van der Waals surface area contributed by atoms with Crippen molar-refractivity contribution < 1.29 is 9.90 Å². The first kappa shape index (κ1) is 12.4. The van der Waals surface area contributed by atoms with Crippen LogP contribution >= 0.6 is 0 Å². The van der Waals surface area contributed by atoms with Crippen LogP contribution in [0.1, 0.15) is 15.9 Å². The number of hydrogen-bond donors (Lipinski definition) is 1. The van der Waals surface area contributed by atoms with Crippen molar-refractivity contribution in [1.82, 2.24) is 4.98 Å². The molecule has 3 nitrogen and oxygen atoms in total. The van der Waals surface area contributed by atoms with Gasteiger partial charge in [-0.2, -0.15) is 0 Å². The molecule has 3 aromatic rings. The van der Waals surface area contributed by atoms with Gasteiger partial charge in [-0.05, 0) is 40.5 Å². The highest BCUT2D eigenvalue weighted by Gasteiger charge is 2.14. The topological polar surface area (TPSA) is 50.2 Å². The standard InChI is InChI=1S/C17H13NO2/c1-11-6-7-14(13-5-3-2-4-12(11)13)15-8-9-18-10-16(15)17(19)20/h2-10H,1H3,(H,19,20). The summed E-state index contributed by atoms with van der Waals surface area (Å²) >= 11 is 0. The van der Waals surface area contributed by atoms with Gasteiger partial charge in [0.1, 0.15) is 0 Å². The van der Waals surface area contributed by atoms with Crippen LogP contribution in [-0.2, 0) is 0 Å². The molecule has 0 saturated carbocycles. The van der Waals surface area contributed by atoms with Gasteiger partial charge in [-0.15, -0.1) is 0 Å². The third-order valence-electron chi connectivity index (χ3n) is 3.48. The summed E-state index contributed by atoms with van der Waals surface area (Å²) in [4.78, 5) is 15.3. The maximum absolute atomic E-state index is 11.4. The predicted octanol–water partition coefficient (Wildman–Crippen LogP) is 3.91. The number of aryl methyl sites for hydroxylation is 1. The Morgan fingerprint density at radius 2 is 1.75 bits per heavy atom. The molecule has 0 aliphatic heterocycles. The number of pyridine rings is 1. The molecule has 0 aliphatic rings. The molecule has 0 fully saturated rings. The first-order chi connectivity index (χ1) is 9.68. The predicted molar refractivity (Wildman–Crippen MR) is 78.9 cm³/mol. The lowest BCUT2D eigenvalue weighted by Gasteiger charge is -2.11. The zero-order chi connectivity index (χ0) is 14.1. The highest BCUT2D eigenvalue weighted by molar-refractivity contribution is 6.04. The molecule has 98 valence electrons. The van der Waals surface area contributed by atoms with Crippen LogP contribution < -0.4 is 0 Å². The molecule has 0 aliphatic carbocycles. The monoisotopic (exact) mass is 263 g/mol. The molecule has 2 aromatic carbocycles. The third kappa shape index (κ3) is 1.93. The molecule has 0 atom stereocenters. The van der Waals surface area contributed by atoms with E-state index in [1.807, 2.05) is 30.3 Å². The fourth-order valence-corrected chi connectivity index (χ4v) is 2.48. The van der Waals surface area contributed by atoms with Crippen LogP contribution in [0.3, 0.4) is 0 Å². The maximum Gasteiger partial charge on any atom is 0.337 e. The van der Waals surface area contributed by atoms with Crippen LogP contribution in [0, 0.1) is 6.92 Å². The van der Waals surface area contributed by atoms with E-state index in [0.29, 0.717) is 5.56 Å². The van der Waals surface area contributed by atoms with Gasteiger partial charge < -0.3 is 5.11 Å². The summed E-state index contributed by atoms with van der Waals surface area (Å²) in [6.45, 7) is 2.05. The lowest BCUT2D eigenvalue weighted by Crippen LogP contribution is -2.00. The zero-order valence-electron chi connectivity index (χ0n) is 11.0. The minimum Gasteiger partial charge on any atom is -0.478 e. The summed E-state index contributed by atoms with van der Waals surface area (Å²) in [6.07, 6.45) is 3.02. The molecule has 0 spiro atoms. The molecule has 0 saturated heterocycles. The number of aromatic carboxylic acids is 1. The van der Waals surface area contributed by atoms with E-state index in [1.165, 1.54) is 11.8 Å². The van der Waals surface area contributed by atoms with Crippen molar-refractivity contribution in [3.8, 4) is 11.1 Å². The smallest absolute Gasteiger partial charge is 0.337 e. The van der Waals surface area contributed by atoms with Crippen LogP contribution in [0.2, 0.25) is 0 Å². The van der Waals surface area contributed by atoms with Crippen LogP contribution in [0.4, 0.5) is 0 Å². The molecule has 0 unspecified atom stereocenters. The molecule has 3 heteroatoms. The Kier molecular flexibility index (Phi) is 2.95. The molecule has 1 heterocycles. The van der Waals surface area contributed by atoms with Gasteiger partial charge in [0, 0.05) is 12.4 Å². The number of nitrogens with zero attached hydrogens (tertiary/aromatic N) is 1. The first-order valence-electron chi connectivity index (χ1n) is 6.34. The molecule has 3 rings (SSSR count). The first-order valence-corrected chi connectivity index (χ1v) is 6.34. The Morgan fingerprint density at radius 3 is 2.50 bits per heavy atom. The number of aromatic nitrogens is 1. The van der Waals surface area contributed by atoms with Crippen LogP contribution in [0.5, 0.6) is 0 Å². The minimum absolute atomic E-state index is 0.224. The van der Waals surface area contributed by atoms with Gasteiger partial charge in [-0.3, -0.25) is 4.98 Å². The number of rotatable bonds is 2. The van der Waals surface area contributed by atoms with Crippen LogP contribution in [0.25, 0.3) is 21.9 Å². The van der Waals surface area contributed by atoms with Gasteiger partial charge >= 0.3 is 5.97 Å². The molecular formula is C17H13NO2. The van der Waals surface area contributed by atoms with Crippen molar-refractivity contribution in [1.29, 1.82) is 0 Å². The summed E-state index contributed by atoms with van der Waals surface area (Å²) in [5, 5.41) is 11.5. The molecule has 1 N–H and O–H groups in total. The second-order valence-electron chi connectivity index (χ2n) is 4.70. The fourth-order valence-electron chi connectivity index (χ4n) is 2.48. The minimum atomic E-state index is -0.960. The zero-order valence-corrected chi connectivity index (χ0v) is 11.0. The molecule has 0 radical (unpaired) electrons. The van der Waals surface area contributed by atoms with Crippen molar-refractivity contribution in [2.45, 2.75) is 6.92 Å². The number of carboxylic acids is 1. The van der Waals surface area contributed by atoms with E-state index >= 15 is 0 Å². The Hall–Kier alpha value is -2.68. The average molecular weight is 263 g/mol. The van der Waals surface area contributed by atoms with Crippen molar-refractivity contribution >= 4 is 16.7 Å². The Labute approximate surface area is 116 Å². The summed E-state index contributed by atoms with van der Waals surface area (Å²) in [7, 11) is 0. The third-order valence-corrected chi connectivity index (χ3v) is 3.48. The number of hydrogen-bond acceptors (Lipinski definition) is 2. The number of carboxylic acid groups (broad SMARTS) is 1. The molecule has 20 heavy (non-hydrogen) atoms. The summed E-state index contributed by atoms with van der Waals surface area (Å²) in [6, 6.07) is 13.8. The summed E-state index contributed by atoms with van der Waals surface area (Å²) in [5.74, 6) is -0.960. The Bertz CT molecular complexity index is 809. The molecule has 0 bridgehead atoms. The normalized spacial score (nSPS) is 10.7. The molecular weight excluding hydrogens is 250 g/mol. The van der Waals surface area contributed by atoms with Crippen molar-refractivity contribution in [2.75, 3.05) is 0 Å². The van der Waals surface area contributed by atoms with E-state index in [-0.39, 0.29) is 5.56 Å². The van der Waals surface area contributed by atoms with E-state index < -0.39 is 5.97 Å². The van der Waals surface area contributed by atoms with Crippen LogP contribution in [-0.4, -0.2) is 16.1 Å². The molecule has 0 amide bonds. The van der Waals surface area contributed by atoms with Gasteiger partial charge in [0.25, 0.3) is 0 Å². The van der Waals surface area contributed by atoms with E-state index in [9.17, 15) is 9.90 Å². The van der Waals surface area contributed by atoms with E-state index in [1.54, 1.807) is 12.3 Å². The highest BCUT2D eigenvalue weighted by atomic mass is 16.4. The second-order valence-corrected chi connectivity index (χ2v) is 4.70. The molecule has 1 aromatic heterocycles. The fraction of sp³-hybridized carbons (Fsp3) is 0.0588. The van der Waals surface area contributed by atoms with Gasteiger partial charge in [0.2, 0.25) is 0 Å². The number of benzene rings is 2. The van der Waals surface area contributed by atoms with Crippen molar-refractivity contribution in [3.05, 3.63) is 66.0 Å². The van der Waals surface area contributed by atoms with E-state index in [0.717, 1.165) is 16.3 Å². The van der Waals surface area contributed by atoms with Gasteiger partial charge in [0.05, 0.1) is 5.56 Å². The van der Waals surface area contributed by atoms with Gasteiger partial charge in [-0.1, -0.05) is 36.4 Å². The van der Waals surface area contributed by atoms with Crippen molar-refractivity contribution in [2.24, 2.45) is 0 Å². The SMILES string of the molecule is Cc1ccc(-c2ccncc2C(=O)O)c2ccccc12. The van der Waals surface area contributed by atoms with E-state index in [2.05, 4.69) is 18.0 Å². The average Bonchev–Trinajstić information content (AvgIpc) is 2.48.